The van der Waals surface area contributed by atoms with Crippen LogP contribution in [0.2, 0.25) is 0 Å². The number of carbonyl (C=O) groups is 1. The lowest BCUT2D eigenvalue weighted by atomic mass is 10.0. The monoisotopic (exact) mass is 432 g/mol. The fourth-order valence-electron chi connectivity index (χ4n) is 4.19. The molecule has 0 spiro atoms. The summed E-state index contributed by atoms with van der Waals surface area (Å²) in [4.78, 5) is 15.3. The van der Waals surface area contributed by atoms with E-state index in [2.05, 4.69) is 43.0 Å². The molecule has 0 atom stereocenters. The first-order chi connectivity index (χ1) is 15.4. The van der Waals surface area contributed by atoms with Gasteiger partial charge in [-0.05, 0) is 62.4 Å². The molecule has 1 aromatic heterocycles. The molecule has 1 heterocycles. The minimum absolute atomic E-state index is 0.273. The van der Waals surface area contributed by atoms with Crippen LogP contribution in [0, 0.1) is 5.82 Å². The first kappa shape index (κ1) is 22.0. The maximum Gasteiger partial charge on any atom is 0.355 e. The number of nitrogens with zero attached hydrogens (tertiary/aromatic N) is 2. The van der Waals surface area contributed by atoms with E-state index in [1.807, 2.05) is 29.8 Å². The summed E-state index contributed by atoms with van der Waals surface area (Å²) in [5, 5.41) is 3.03. The van der Waals surface area contributed by atoms with Crippen LogP contribution in [0.5, 0.6) is 0 Å². The molecule has 4 aromatic rings. The van der Waals surface area contributed by atoms with E-state index in [4.69, 9.17) is 4.74 Å². The van der Waals surface area contributed by atoms with Crippen molar-refractivity contribution in [3.63, 3.8) is 0 Å². The Bertz CT molecular complexity index is 1270. The molecule has 0 N–H and O–H groups in total. The summed E-state index contributed by atoms with van der Waals surface area (Å²) in [5.41, 5.74) is 3.22. The van der Waals surface area contributed by atoms with Crippen molar-refractivity contribution in [2.24, 2.45) is 0 Å². The number of fused-ring (bicyclic) bond motifs is 2. The Morgan fingerprint density at radius 1 is 1.06 bits per heavy atom. The van der Waals surface area contributed by atoms with Crippen molar-refractivity contribution in [2.45, 2.75) is 39.9 Å². The maximum atomic E-state index is 14.3. The van der Waals surface area contributed by atoms with Gasteiger partial charge in [0.25, 0.3) is 0 Å². The summed E-state index contributed by atoms with van der Waals surface area (Å²) in [6.45, 7) is 7.29. The Kier molecular flexibility index (Phi) is 6.28. The molecule has 0 bridgehead atoms. The zero-order valence-corrected chi connectivity index (χ0v) is 19.1. The number of hydrogen-bond donors (Lipinski definition) is 0. The summed E-state index contributed by atoms with van der Waals surface area (Å²) in [6, 6.07) is 19.4. The molecule has 4 nitrogen and oxygen atoms in total. The topological polar surface area (TPSA) is 34.5 Å². The predicted octanol–water partition coefficient (Wildman–Crippen LogP) is 6.00. The van der Waals surface area contributed by atoms with E-state index in [1.165, 1.54) is 12.1 Å². The summed E-state index contributed by atoms with van der Waals surface area (Å²) >= 11 is 0. The van der Waals surface area contributed by atoms with Gasteiger partial charge in [-0.3, -0.25) is 4.90 Å². The van der Waals surface area contributed by atoms with E-state index in [1.54, 1.807) is 13.0 Å². The SMILES string of the molecule is CCOC(=O)c1c(CN(C)C(C)C)c2cc(F)ccc2n1Cc1cccc2ccccc12. The van der Waals surface area contributed by atoms with E-state index >= 15 is 0 Å². The van der Waals surface area contributed by atoms with Gasteiger partial charge in [-0.15, -0.1) is 0 Å². The van der Waals surface area contributed by atoms with Crippen molar-refractivity contribution in [3.8, 4) is 0 Å². The van der Waals surface area contributed by atoms with Gasteiger partial charge in [-0.2, -0.15) is 0 Å². The van der Waals surface area contributed by atoms with Crippen LogP contribution in [0.1, 0.15) is 42.4 Å². The standard InChI is InChI=1S/C27H29FN2O2/c1-5-32-27(31)26-24(17-29(4)18(2)3)23-15-21(28)13-14-25(23)30(26)16-20-11-8-10-19-9-6-7-12-22(19)20/h6-15,18H,5,16-17H2,1-4H3. The molecule has 0 unspecified atom stereocenters. The van der Waals surface area contributed by atoms with Crippen LogP contribution < -0.4 is 0 Å². The molecule has 0 aliphatic carbocycles. The Morgan fingerprint density at radius 2 is 1.81 bits per heavy atom. The van der Waals surface area contributed by atoms with Gasteiger partial charge in [0, 0.05) is 35.6 Å². The van der Waals surface area contributed by atoms with Crippen LogP contribution in [-0.2, 0) is 17.8 Å². The lowest BCUT2D eigenvalue weighted by Crippen LogP contribution is -2.27. The van der Waals surface area contributed by atoms with Gasteiger partial charge < -0.3 is 9.30 Å². The molecular formula is C27H29FN2O2. The number of aromatic nitrogens is 1. The van der Waals surface area contributed by atoms with Crippen LogP contribution in [0.25, 0.3) is 21.7 Å². The molecule has 0 fully saturated rings. The van der Waals surface area contributed by atoms with Gasteiger partial charge in [0.1, 0.15) is 11.5 Å². The third kappa shape index (κ3) is 4.13. The van der Waals surface area contributed by atoms with Crippen molar-refractivity contribution in [1.29, 1.82) is 0 Å². The van der Waals surface area contributed by atoms with E-state index in [-0.39, 0.29) is 24.4 Å². The second-order valence-corrected chi connectivity index (χ2v) is 8.44. The smallest absolute Gasteiger partial charge is 0.355 e. The molecule has 0 aliphatic rings. The van der Waals surface area contributed by atoms with Gasteiger partial charge >= 0.3 is 5.97 Å². The second-order valence-electron chi connectivity index (χ2n) is 8.44. The summed E-state index contributed by atoms with van der Waals surface area (Å²) in [6.07, 6.45) is 0. The molecule has 0 saturated carbocycles. The fourth-order valence-corrected chi connectivity index (χ4v) is 4.19. The molecule has 4 rings (SSSR count). The van der Waals surface area contributed by atoms with Gasteiger partial charge in [0.15, 0.2) is 0 Å². The molecule has 5 heteroatoms. The fraction of sp³-hybridized carbons (Fsp3) is 0.296. The second kappa shape index (κ2) is 9.13. The molecular weight excluding hydrogens is 403 g/mol. The Hall–Kier alpha value is -3.18. The molecule has 0 radical (unpaired) electrons. The van der Waals surface area contributed by atoms with E-state index < -0.39 is 0 Å². The quantitative estimate of drug-likeness (QED) is 0.336. The van der Waals surface area contributed by atoms with Gasteiger partial charge in [0.05, 0.1) is 6.61 Å². The van der Waals surface area contributed by atoms with Crippen molar-refractivity contribution in [1.82, 2.24) is 9.47 Å². The number of esters is 1. The Labute approximate surface area is 188 Å². The zero-order chi connectivity index (χ0) is 22.8. The summed E-state index contributed by atoms with van der Waals surface area (Å²) < 4.78 is 21.7. The first-order valence-corrected chi connectivity index (χ1v) is 11.0. The number of carbonyl (C=O) groups excluding carboxylic acids is 1. The Morgan fingerprint density at radius 3 is 2.56 bits per heavy atom. The van der Waals surface area contributed by atoms with Gasteiger partial charge in [-0.25, -0.2) is 9.18 Å². The molecule has 3 aromatic carbocycles. The maximum absolute atomic E-state index is 14.3. The molecule has 0 amide bonds. The number of benzene rings is 3. The van der Waals surface area contributed by atoms with Crippen LogP contribution >= 0.6 is 0 Å². The van der Waals surface area contributed by atoms with Crippen LogP contribution in [-0.4, -0.2) is 35.1 Å². The van der Waals surface area contributed by atoms with Crippen LogP contribution in [0.3, 0.4) is 0 Å². The third-order valence-electron chi connectivity index (χ3n) is 6.10. The lowest BCUT2D eigenvalue weighted by molar-refractivity contribution is 0.0512. The molecule has 0 aliphatic heterocycles. The molecule has 32 heavy (non-hydrogen) atoms. The molecule has 166 valence electrons. The Balaban J connectivity index is 1.96. The highest BCUT2D eigenvalue weighted by atomic mass is 19.1. The number of hydrogen-bond acceptors (Lipinski definition) is 3. The van der Waals surface area contributed by atoms with E-state index in [9.17, 15) is 9.18 Å². The third-order valence-corrected chi connectivity index (χ3v) is 6.10. The highest BCUT2D eigenvalue weighted by Gasteiger charge is 2.26. The average Bonchev–Trinajstić information content (AvgIpc) is 3.06. The van der Waals surface area contributed by atoms with Gasteiger partial charge in [-0.1, -0.05) is 42.5 Å². The summed E-state index contributed by atoms with van der Waals surface area (Å²) in [7, 11) is 2.01. The zero-order valence-electron chi connectivity index (χ0n) is 19.1. The van der Waals surface area contributed by atoms with Crippen molar-refractivity contribution in [2.75, 3.05) is 13.7 Å². The van der Waals surface area contributed by atoms with Crippen molar-refractivity contribution >= 4 is 27.6 Å². The van der Waals surface area contributed by atoms with Gasteiger partial charge in [0.2, 0.25) is 0 Å². The normalized spacial score (nSPS) is 11.7. The largest absolute Gasteiger partial charge is 0.461 e. The van der Waals surface area contributed by atoms with E-state index in [0.717, 1.165) is 32.8 Å². The van der Waals surface area contributed by atoms with E-state index in [0.29, 0.717) is 18.8 Å². The average molecular weight is 433 g/mol. The minimum Gasteiger partial charge on any atom is -0.461 e. The minimum atomic E-state index is -0.378. The van der Waals surface area contributed by atoms with Crippen molar-refractivity contribution < 1.29 is 13.9 Å². The van der Waals surface area contributed by atoms with Crippen LogP contribution in [0.4, 0.5) is 4.39 Å². The highest BCUT2D eigenvalue weighted by molar-refractivity contribution is 5.99. The summed E-state index contributed by atoms with van der Waals surface area (Å²) in [5.74, 6) is -0.694. The van der Waals surface area contributed by atoms with Crippen molar-refractivity contribution in [3.05, 3.63) is 83.3 Å². The first-order valence-electron chi connectivity index (χ1n) is 11.0. The predicted molar refractivity (Wildman–Crippen MR) is 128 cm³/mol. The van der Waals surface area contributed by atoms with Crippen LogP contribution in [0.15, 0.2) is 60.7 Å². The number of halogens is 1. The number of rotatable bonds is 7. The number of ether oxygens (including phenoxy) is 1. The highest BCUT2D eigenvalue weighted by Crippen LogP contribution is 2.31. The lowest BCUT2D eigenvalue weighted by Gasteiger charge is -2.21. The molecule has 0 saturated heterocycles.